The lowest BCUT2D eigenvalue weighted by Crippen LogP contribution is -2.06. The minimum Gasteiger partial charge on any atom is -0.183 e. The monoisotopic (exact) mass is 178 g/mol. The molecule has 2 heteroatoms. The quantitative estimate of drug-likeness (QED) is 0.602. The molecule has 1 aliphatic rings. The second-order valence-corrected chi connectivity index (χ2v) is 3.63. The fraction of sp³-hybridized carbons (Fsp3) is 1.00. The maximum absolute atomic E-state index is 3.53. The summed E-state index contributed by atoms with van der Waals surface area (Å²) in [4.78, 5) is 0. The first-order valence-corrected chi connectivity index (χ1v) is 6.09. The third-order valence-electron chi connectivity index (χ3n) is 1.89. The first kappa shape index (κ1) is 10.7. The Balaban J connectivity index is 0.000000371. The van der Waals surface area contributed by atoms with Crippen molar-refractivity contribution in [3.05, 3.63) is 0 Å². The zero-order valence-electron chi connectivity index (χ0n) is 6.97. The molecule has 0 saturated heterocycles. The highest BCUT2D eigenvalue weighted by Crippen LogP contribution is 2.25. The molecule has 1 rings (SSSR count). The van der Waals surface area contributed by atoms with Crippen LogP contribution in [0.15, 0.2) is 0 Å². The van der Waals surface area contributed by atoms with Crippen molar-refractivity contribution in [1.82, 2.24) is 0 Å². The van der Waals surface area contributed by atoms with Crippen molar-refractivity contribution < 1.29 is 0 Å². The van der Waals surface area contributed by atoms with Crippen molar-refractivity contribution in [3.8, 4) is 0 Å². The van der Waals surface area contributed by atoms with E-state index in [1.165, 1.54) is 32.1 Å². The molecule has 1 fully saturated rings. The van der Waals surface area contributed by atoms with Gasteiger partial charge in [-0.05, 0) is 25.4 Å². The SMILES string of the molecule is CS.CSC1CCCCC1. The minimum atomic E-state index is 1.00. The molecule has 0 aromatic rings. The van der Waals surface area contributed by atoms with E-state index in [-0.39, 0.29) is 0 Å². The van der Waals surface area contributed by atoms with Crippen LogP contribution in [0, 0.1) is 0 Å². The zero-order valence-corrected chi connectivity index (χ0v) is 8.68. The Morgan fingerprint density at radius 3 is 1.90 bits per heavy atom. The van der Waals surface area contributed by atoms with Crippen LogP contribution in [0.3, 0.4) is 0 Å². The van der Waals surface area contributed by atoms with Gasteiger partial charge < -0.3 is 0 Å². The fourth-order valence-corrected chi connectivity index (χ4v) is 2.11. The van der Waals surface area contributed by atoms with Gasteiger partial charge >= 0.3 is 0 Å². The Morgan fingerprint density at radius 1 is 1.10 bits per heavy atom. The highest BCUT2D eigenvalue weighted by molar-refractivity contribution is 7.99. The fourth-order valence-electron chi connectivity index (χ4n) is 1.30. The van der Waals surface area contributed by atoms with Crippen LogP contribution < -0.4 is 0 Å². The molecule has 0 unspecified atom stereocenters. The van der Waals surface area contributed by atoms with Crippen LogP contribution in [0.1, 0.15) is 32.1 Å². The molecule has 0 bridgehead atoms. The van der Waals surface area contributed by atoms with Gasteiger partial charge in [-0.1, -0.05) is 19.3 Å². The van der Waals surface area contributed by atoms with Crippen LogP contribution in [0.5, 0.6) is 0 Å². The lowest BCUT2D eigenvalue weighted by atomic mass is 10.0. The number of thioether (sulfide) groups is 1. The predicted octanol–water partition coefficient (Wildman–Crippen LogP) is 3.23. The smallest absolute Gasteiger partial charge is 0.00442 e. The van der Waals surface area contributed by atoms with Gasteiger partial charge in [0, 0.05) is 5.25 Å². The van der Waals surface area contributed by atoms with Gasteiger partial charge in [0.05, 0.1) is 0 Å². The summed E-state index contributed by atoms with van der Waals surface area (Å²) in [5, 5.41) is 1.00. The number of rotatable bonds is 1. The summed E-state index contributed by atoms with van der Waals surface area (Å²) in [6.07, 6.45) is 11.3. The van der Waals surface area contributed by atoms with Gasteiger partial charge in [0.25, 0.3) is 0 Å². The Morgan fingerprint density at radius 2 is 1.60 bits per heavy atom. The van der Waals surface area contributed by atoms with Gasteiger partial charge in [0.1, 0.15) is 0 Å². The molecule has 0 spiro atoms. The van der Waals surface area contributed by atoms with Crippen molar-refractivity contribution in [1.29, 1.82) is 0 Å². The van der Waals surface area contributed by atoms with E-state index in [9.17, 15) is 0 Å². The first-order valence-electron chi connectivity index (χ1n) is 3.91. The zero-order chi connectivity index (χ0) is 7.82. The summed E-state index contributed by atoms with van der Waals surface area (Å²) in [5.74, 6) is 0. The molecule has 10 heavy (non-hydrogen) atoms. The maximum Gasteiger partial charge on any atom is 0.00442 e. The maximum atomic E-state index is 3.53. The van der Waals surface area contributed by atoms with Gasteiger partial charge in [0.15, 0.2) is 0 Å². The topological polar surface area (TPSA) is 0 Å². The molecule has 0 N–H and O–H groups in total. The van der Waals surface area contributed by atoms with Gasteiger partial charge in [-0.15, -0.1) is 0 Å². The Labute approximate surface area is 74.6 Å². The highest BCUT2D eigenvalue weighted by Gasteiger charge is 2.10. The summed E-state index contributed by atoms with van der Waals surface area (Å²) in [5.41, 5.74) is 0. The summed E-state index contributed by atoms with van der Waals surface area (Å²) in [7, 11) is 0. The van der Waals surface area contributed by atoms with Gasteiger partial charge in [-0.3, -0.25) is 0 Å². The molecule has 0 nitrogen and oxygen atoms in total. The van der Waals surface area contributed by atoms with Crippen molar-refractivity contribution in [2.45, 2.75) is 37.4 Å². The summed E-state index contributed by atoms with van der Waals surface area (Å²) in [6, 6.07) is 0. The van der Waals surface area contributed by atoms with Crippen LogP contribution in [-0.4, -0.2) is 17.8 Å². The summed E-state index contributed by atoms with van der Waals surface area (Å²) < 4.78 is 0. The van der Waals surface area contributed by atoms with Crippen LogP contribution in [0.25, 0.3) is 0 Å². The first-order chi connectivity index (χ1) is 4.93. The van der Waals surface area contributed by atoms with Crippen LogP contribution in [0.4, 0.5) is 0 Å². The van der Waals surface area contributed by atoms with Crippen molar-refractivity contribution in [3.63, 3.8) is 0 Å². The summed E-state index contributed by atoms with van der Waals surface area (Å²) >= 11 is 5.57. The molecule has 0 radical (unpaired) electrons. The second kappa shape index (κ2) is 7.80. The van der Waals surface area contributed by atoms with E-state index in [1.54, 1.807) is 6.26 Å². The molecule has 0 atom stereocenters. The van der Waals surface area contributed by atoms with E-state index < -0.39 is 0 Å². The molecule has 0 heterocycles. The third kappa shape index (κ3) is 4.51. The molecular formula is C8H18S2. The molecule has 0 aromatic heterocycles. The van der Waals surface area contributed by atoms with Crippen LogP contribution in [0.2, 0.25) is 0 Å². The van der Waals surface area contributed by atoms with E-state index in [4.69, 9.17) is 0 Å². The molecular weight excluding hydrogens is 160 g/mol. The average molecular weight is 178 g/mol. The predicted molar refractivity (Wildman–Crippen MR) is 55.3 cm³/mol. The van der Waals surface area contributed by atoms with E-state index in [0.717, 1.165) is 5.25 Å². The normalized spacial score (nSPS) is 19.5. The van der Waals surface area contributed by atoms with E-state index in [2.05, 4.69) is 18.9 Å². The van der Waals surface area contributed by atoms with Crippen molar-refractivity contribution >= 4 is 24.4 Å². The molecule has 0 amide bonds. The standard InChI is InChI=1S/C7H14S.CH4S/c1-8-7-5-3-2-4-6-7;1-2/h7H,2-6H2,1H3;2H,1H3. The van der Waals surface area contributed by atoms with E-state index in [1.807, 2.05) is 11.8 Å². The Kier molecular flexibility index (Phi) is 8.35. The lowest BCUT2D eigenvalue weighted by molar-refractivity contribution is 0.516. The summed E-state index contributed by atoms with van der Waals surface area (Å²) in [6.45, 7) is 0. The minimum absolute atomic E-state index is 1.00. The molecule has 1 saturated carbocycles. The number of hydrogen-bond acceptors (Lipinski definition) is 2. The number of thiol groups is 1. The molecule has 62 valence electrons. The van der Waals surface area contributed by atoms with E-state index >= 15 is 0 Å². The van der Waals surface area contributed by atoms with Gasteiger partial charge in [-0.25, -0.2) is 0 Å². The second-order valence-electron chi connectivity index (χ2n) is 2.50. The third-order valence-corrected chi connectivity index (χ3v) is 3.02. The van der Waals surface area contributed by atoms with Crippen molar-refractivity contribution in [2.75, 3.05) is 12.5 Å². The van der Waals surface area contributed by atoms with Crippen LogP contribution >= 0.6 is 24.4 Å². The number of hydrogen-bond donors (Lipinski definition) is 1. The van der Waals surface area contributed by atoms with Crippen LogP contribution in [-0.2, 0) is 0 Å². The largest absolute Gasteiger partial charge is 0.183 e. The lowest BCUT2D eigenvalue weighted by Gasteiger charge is -2.18. The average Bonchev–Trinajstić information content (AvgIpc) is 2.10. The van der Waals surface area contributed by atoms with Crippen molar-refractivity contribution in [2.24, 2.45) is 0 Å². The van der Waals surface area contributed by atoms with Gasteiger partial charge in [0.2, 0.25) is 0 Å². The molecule has 0 aromatic carbocycles. The molecule has 0 aliphatic heterocycles. The highest BCUT2D eigenvalue weighted by atomic mass is 32.2. The Bertz CT molecular complexity index is 58.3. The Hall–Kier alpha value is 0.700. The molecule has 1 aliphatic carbocycles. The van der Waals surface area contributed by atoms with Gasteiger partial charge in [-0.2, -0.15) is 24.4 Å². The van der Waals surface area contributed by atoms with E-state index in [0.29, 0.717) is 0 Å².